The molecule has 1 aromatic carbocycles. The first-order chi connectivity index (χ1) is 7.99. The smallest absolute Gasteiger partial charge is 0.231 e. The van der Waals surface area contributed by atoms with E-state index in [1.54, 1.807) is 11.8 Å². The van der Waals surface area contributed by atoms with Crippen molar-refractivity contribution >= 4 is 23.4 Å². The highest BCUT2D eigenvalue weighted by Crippen LogP contribution is 2.21. The number of hydrogen-bond donors (Lipinski definition) is 2. The Kier molecular flexibility index (Phi) is 5.02. The molecule has 0 heterocycles. The zero-order valence-electron chi connectivity index (χ0n) is 10.6. The maximum absolute atomic E-state index is 11.9. The molecule has 0 fully saturated rings. The Morgan fingerprint density at radius 3 is 2.41 bits per heavy atom. The first kappa shape index (κ1) is 14.1. The van der Waals surface area contributed by atoms with Crippen LogP contribution in [0.25, 0.3) is 0 Å². The molecule has 4 heteroatoms. The molecule has 0 unspecified atom stereocenters. The Balaban J connectivity index is 2.66. The van der Waals surface area contributed by atoms with Crippen LogP contribution in [0, 0.1) is 5.41 Å². The number of amides is 1. The highest BCUT2D eigenvalue weighted by Gasteiger charge is 2.25. The molecule has 0 aliphatic heterocycles. The van der Waals surface area contributed by atoms with Gasteiger partial charge in [0.1, 0.15) is 0 Å². The molecule has 17 heavy (non-hydrogen) atoms. The van der Waals surface area contributed by atoms with Crippen LogP contribution in [0.3, 0.4) is 0 Å². The second kappa shape index (κ2) is 6.07. The standard InChI is InChI=1S/C13H20N2OS/c1-4-17-11-7-5-10(6-8-11)15-12(16)13(2,3)9-14/h5-8H,4,9,14H2,1-3H3,(H,15,16). The van der Waals surface area contributed by atoms with Gasteiger partial charge in [0, 0.05) is 17.1 Å². The van der Waals surface area contributed by atoms with Gasteiger partial charge in [-0.3, -0.25) is 4.79 Å². The van der Waals surface area contributed by atoms with Crippen LogP contribution in [0.4, 0.5) is 5.69 Å². The van der Waals surface area contributed by atoms with Crippen molar-refractivity contribution in [1.29, 1.82) is 0 Å². The number of thioether (sulfide) groups is 1. The second-order valence-electron chi connectivity index (χ2n) is 4.50. The van der Waals surface area contributed by atoms with Crippen molar-refractivity contribution < 1.29 is 4.79 Å². The molecule has 0 spiro atoms. The highest BCUT2D eigenvalue weighted by atomic mass is 32.2. The van der Waals surface area contributed by atoms with E-state index in [0.29, 0.717) is 6.54 Å². The van der Waals surface area contributed by atoms with Gasteiger partial charge >= 0.3 is 0 Å². The topological polar surface area (TPSA) is 55.1 Å². The Morgan fingerprint density at radius 2 is 1.94 bits per heavy atom. The number of anilines is 1. The number of hydrogen-bond acceptors (Lipinski definition) is 3. The van der Waals surface area contributed by atoms with Gasteiger partial charge in [0.05, 0.1) is 5.41 Å². The minimum Gasteiger partial charge on any atom is -0.329 e. The SMILES string of the molecule is CCSc1ccc(NC(=O)C(C)(C)CN)cc1. The van der Waals surface area contributed by atoms with Crippen molar-refractivity contribution in [1.82, 2.24) is 0 Å². The van der Waals surface area contributed by atoms with Crippen LogP contribution in [0.1, 0.15) is 20.8 Å². The third-order valence-electron chi connectivity index (χ3n) is 2.55. The molecule has 3 N–H and O–H groups in total. The summed E-state index contributed by atoms with van der Waals surface area (Å²) in [4.78, 5) is 13.1. The van der Waals surface area contributed by atoms with Crippen molar-refractivity contribution in [3.05, 3.63) is 24.3 Å². The molecule has 1 amide bonds. The van der Waals surface area contributed by atoms with Crippen LogP contribution in [0.5, 0.6) is 0 Å². The van der Waals surface area contributed by atoms with Gasteiger partial charge in [-0.1, -0.05) is 6.92 Å². The maximum Gasteiger partial charge on any atom is 0.231 e. The monoisotopic (exact) mass is 252 g/mol. The normalized spacial score (nSPS) is 11.3. The van der Waals surface area contributed by atoms with Crippen molar-refractivity contribution in [2.45, 2.75) is 25.7 Å². The zero-order chi connectivity index (χ0) is 12.9. The van der Waals surface area contributed by atoms with Gasteiger partial charge in [0.2, 0.25) is 5.91 Å². The lowest BCUT2D eigenvalue weighted by molar-refractivity contribution is -0.123. The fraction of sp³-hybridized carbons (Fsp3) is 0.462. The summed E-state index contributed by atoms with van der Waals surface area (Å²) < 4.78 is 0. The van der Waals surface area contributed by atoms with Crippen LogP contribution in [-0.2, 0) is 4.79 Å². The minimum atomic E-state index is -0.531. The average Bonchev–Trinajstić information content (AvgIpc) is 2.32. The third kappa shape index (κ3) is 4.06. The van der Waals surface area contributed by atoms with Crippen molar-refractivity contribution in [2.24, 2.45) is 11.1 Å². The van der Waals surface area contributed by atoms with Gasteiger partial charge in [-0.15, -0.1) is 11.8 Å². The number of nitrogens with one attached hydrogen (secondary N) is 1. The lowest BCUT2D eigenvalue weighted by Crippen LogP contribution is -2.37. The lowest BCUT2D eigenvalue weighted by Gasteiger charge is -2.21. The zero-order valence-corrected chi connectivity index (χ0v) is 11.4. The van der Waals surface area contributed by atoms with E-state index in [0.717, 1.165) is 11.4 Å². The van der Waals surface area contributed by atoms with E-state index < -0.39 is 5.41 Å². The van der Waals surface area contributed by atoms with Crippen molar-refractivity contribution in [3.63, 3.8) is 0 Å². The van der Waals surface area contributed by atoms with Crippen molar-refractivity contribution in [2.75, 3.05) is 17.6 Å². The number of rotatable bonds is 5. The first-order valence-electron chi connectivity index (χ1n) is 5.74. The Labute approximate surface area is 107 Å². The molecular formula is C13H20N2OS. The molecule has 1 rings (SSSR count). The predicted octanol–water partition coefficient (Wildman–Crippen LogP) is 2.72. The molecule has 0 atom stereocenters. The Hall–Kier alpha value is -1.00. The van der Waals surface area contributed by atoms with E-state index in [1.165, 1.54) is 4.90 Å². The summed E-state index contributed by atoms with van der Waals surface area (Å²) in [5, 5.41) is 2.87. The molecule has 0 aliphatic carbocycles. The molecule has 94 valence electrons. The molecule has 3 nitrogen and oxygen atoms in total. The number of nitrogens with two attached hydrogens (primary N) is 1. The van der Waals surface area contributed by atoms with Gasteiger partial charge in [-0.2, -0.15) is 0 Å². The van der Waals surface area contributed by atoms with Crippen molar-refractivity contribution in [3.8, 4) is 0 Å². The highest BCUT2D eigenvalue weighted by molar-refractivity contribution is 7.99. The molecule has 0 saturated heterocycles. The molecule has 0 bridgehead atoms. The fourth-order valence-corrected chi connectivity index (χ4v) is 1.86. The number of carbonyl (C=O) groups is 1. The molecule has 1 aromatic rings. The van der Waals surface area contributed by atoms with E-state index in [2.05, 4.69) is 12.2 Å². The van der Waals surface area contributed by atoms with Crippen LogP contribution < -0.4 is 11.1 Å². The summed E-state index contributed by atoms with van der Waals surface area (Å²) in [6.45, 7) is 6.13. The summed E-state index contributed by atoms with van der Waals surface area (Å²) >= 11 is 1.78. The Bertz CT molecular complexity index is 374. The summed E-state index contributed by atoms with van der Waals surface area (Å²) in [5.41, 5.74) is 5.85. The van der Waals surface area contributed by atoms with E-state index >= 15 is 0 Å². The maximum atomic E-state index is 11.9. The lowest BCUT2D eigenvalue weighted by atomic mass is 9.92. The molecule has 0 radical (unpaired) electrons. The molecule has 0 aliphatic rings. The predicted molar refractivity (Wildman–Crippen MR) is 74.3 cm³/mol. The van der Waals surface area contributed by atoms with Crippen LogP contribution in [0.2, 0.25) is 0 Å². The average molecular weight is 252 g/mol. The molecule has 0 aromatic heterocycles. The van der Waals surface area contributed by atoms with Gasteiger partial charge in [-0.05, 0) is 43.9 Å². The van der Waals surface area contributed by atoms with Gasteiger partial charge in [-0.25, -0.2) is 0 Å². The second-order valence-corrected chi connectivity index (χ2v) is 5.84. The number of benzene rings is 1. The van der Waals surface area contributed by atoms with Gasteiger partial charge < -0.3 is 11.1 Å². The van der Waals surface area contributed by atoms with Crippen LogP contribution in [-0.4, -0.2) is 18.2 Å². The van der Waals surface area contributed by atoms with Crippen LogP contribution in [0.15, 0.2) is 29.2 Å². The summed E-state index contributed by atoms with van der Waals surface area (Å²) in [6, 6.07) is 7.86. The molecule has 0 saturated carbocycles. The quantitative estimate of drug-likeness (QED) is 0.792. The van der Waals surface area contributed by atoms with E-state index in [-0.39, 0.29) is 5.91 Å². The third-order valence-corrected chi connectivity index (χ3v) is 3.44. The summed E-state index contributed by atoms with van der Waals surface area (Å²) in [7, 11) is 0. The summed E-state index contributed by atoms with van der Waals surface area (Å²) in [5.74, 6) is 1.00. The van der Waals surface area contributed by atoms with Crippen LogP contribution >= 0.6 is 11.8 Å². The fourth-order valence-electron chi connectivity index (χ4n) is 1.19. The van der Waals surface area contributed by atoms with E-state index in [1.807, 2.05) is 38.1 Å². The minimum absolute atomic E-state index is 0.0455. The van der Waals surface area contributed by atoms with E-state index in [4.69, 9.17) is 5.73 Å². The Morgan fingerprint density at radius 1 is 1.35 bits per heavy atom. The number of carbonyl (C=O) groups excluding carboxylic acids is 1. The molecular weight excluding hydrogens is 232 g/mol. The van der Waals surface area contributed by atoms with Gasteiger partial charge in [0.15, 0.2) is 0 Å². The largest absolute Gasteiger partial charge is 0.329 e. The first-order valence-corrected chi connectivity index (χ1v) is 6.72. The summed E-state index contributed by atoms with van der Waals surface area (Å²) in [6.07, 6.45) is 0. The van der Waals surface area contributed by atoms with Gasteiger partial charge in [0.25, 0.3) is 0 Å². The van der Waals surface area contributed by atoms with E-state index in [9.17, 15) is 4.79 Å².